The number of amides is 2. The average molecular weight is 525 g/mol. The van der Waals surface area contributed by atoms with Gasteiger partial charge in [0.25, 0.3) is 0 Å². The molecule has 9 heteroatoms. The maximum Gasteiger partial charge on any atom is 0.243 e. The second kappa shape index (κ2) is 13.7. The summed E-state index contributed by atoms with van der Waals surface area (Å²) in [7, 11) is 4.66. The first-order chi connectivity index (χ1) is 18.3. The van der Waals surface area contributed by atoms with Gasteiger partial charge in [-0.2, -0.15) is 0 Å². The Balaban J connectivity index is 1.86. The van der Waals surface area contributed by atoms with Gasteiger partial charge in [0.05, 0.1) is 33.8 Å². The van der Waals surface area contributed by atoms with Gasteiger partial charge in [-0.1, -0.05) is 50.3 Å². The van der Waals surface area contributed by atoms with E-state index in [1.807, 2.05) is 31.2 Å². The second-order valence-corrected chi connectivity index (χ2v) is 9.78. The van der Waals surface area contributed by atoms with Crippen LogP contribution >= 0.6 is 0 Å². The quantitative estimate of drug-likeness (QED) is 0.299. The molecule has 2 aromatic rings. The van der Waals surface area contributed by atoms with Gasteiger partial charge in [-0.3, -0.25) is 19.9 Å². The lowest BCUT2D eigenvalue weighted by atomic mass is 9.84. The summed E-state index contributed by atoms with van der Waals surface area (Å²) in [4.78, 5) is 28.4. The van der Waals surface area contributed by atoms with E-state index in [4.69, 9.17) is 25.4 Å². The Labute approximate surface area is 225 Å². The minimum atomic E-state index is -0.892. The molecule has 0 heterocycles. The molecule has 38 heavy (non-hydrogen) atoms. The first kappa shape index (κ1) is 28.8. The Morgan fingerprint density at radius 1 is 1.03 bits per heavy atom. The van der Waals surface area contributed by atoms with E-state index in [0.717, 1.165) is 36.1 Å². The van der Waals surface area contributed by atoms with Crippen LogP contribution in [0.15, 0.2) is 42.5 Å². The van der Waals surface area contributed by atoms with Gasteiger partial charge in [0, 0.05) is 0 Å². The zero-order valence-electron chi connectivity index (χ0n) is 22.8. The van der Waals surface area contributed by atoms with Crippen LogP contribution in [-0.4, -0.2) is 50.0 Å². The Morgan fingerprint density at radius 2 is 1.74 bits per heavy atom. The van der Waals surface area contributed by atoms with Crippen molar-refractivity contribution in [1.29, 1.82) is 5.41 Å². The maximum atomic E-state index is 13.7. The topological polar surface area (TPSA) is 127 Å². The molecule has 2 atom stereocenters. The molecule has 1 aliphatic carbocycles. The zero-order valence-corrected chi connectivity index (χ0v) is 22.8. The zero-order chi connectivity index (χ0) is 27.7. The van der Waals surface area contributed by atoms with Gasteiger partial charge in [-0.25, -0.2) is 0 Å². The predicted octanol–water partition coefficient (Wildman–Crippen LogP) is 4.19. The molecule has 9 nitrogen and oxygen atoms in total. The fraction of sp³-hybridized carbons (Fsp3) is 0.483. The van der Waals surface area contributed by atoms with Crippen molar-refractivity contribution in [3.05, 3.63) is 53.6 Å². The van der Waals surface area contributed by atoms with Crippen LogP contribution in [0.3, 0.4) is 0 Å². The van der Waals surface area contributed by atoms with Gasteiger partial charge in [-0.15, -0.1) is 0 Å². The molecule has 0 saturated heterocycles. The normalized spacial score (nSPS) is 15.2. The number of carbonyl (C=O) groups excluding carboxylic acids is 2. The summed E-state index contributed by atoms with van der Waals surface area (Å²) in [5, 5.41) is 11.3. The molecule has 3 rings (SSSR count). The number of ether oxygens (including phenoxy) is 3. The molecule has 2 aromatic carbocycles. The van der Waals surface area contributed by atoms with Crippen LogP contribution in [0.4, 0.5) is 0 Å². The molecular formula is C29H40N4O5. The molecular weight excluding hydrogens is 484 g/mol. The van der Waals surface area contributed by atoms with Crippen molar-refractivity contribution in [3.8, 4) is 17.2 Å². The molecule has 0 radical (unpaired) electrons. The van der Waals surface area contributed by atoms with Crippen molar-refractivity contribution < 1.29 is 23.8 Å². The SMILES string of the molecule is COc1cccc([C@H](C)NC(=O)[C@H](CC2CCCCC2)N(C(=N)N)C(=O)Cc2ccc(OC)c(OC)c2)c1. The number of guanidine groups is 1. The summed E-state index contributed by atoms with van der Waals surface area (Å²) < 4.78 is 16.0. The highest BCUT2D eigenvalue weighted by Gasteiger charge is 2.35. The first-order valence-corrected chi connectivity index (χ1v) is 13.1. The highest BCUT2D eigenvalue weighted by molar-refractivity contribution is 6.00. The summed E-state index contributed by atoms with van der Waals surface area (Å²) in [6.45, 7) is 1.88. The standard InChI is InChI=1S/C29H40N4O5/c1-19(22-11-8-12-23(18-22)36-2)32-28(35)24(15-20-9-6-5-7-10-20)33(29(30)31)27(34)17-21-13-14-25(37-3)26(16-21)38-4/h8,11-14,16,18-20,24H,5-7,9-10,15,17H2,1-4H3,(H3,30,31)(H,32,35)/t19-,24-/m0/s1. The van der Waals surface area contributed by atoms with Gasteiger partial charge < -0.3 is 25.3 Å². The van der Waals surface area contributed by atoms with E-state index in [0.29, 0.717) is 29.2 Å². The highest BCUT2D eigenvalue weighted by Crippen LogP contribution is 2.31. The lowest BCUT2D eigenvalue weighted by Crippen LogP contribution is -2.55. The number of rotatable bonds is 11. The van der Waals surface area contributed by atoms with Crippen molar-refractivity contribution in [2.45, 2.75) is 64.0 Å². The fourth-order valence-corrected chi connectivity index (χ4v) is 5.10. The first-order valence-electron chi connectivity index (χ1n) is 13.1. The molecule has 0 spiro atoms. The second-order valence-electron chi connectivity index (χ2n) is 9.78. The van der Waals surface area contributed by atoms with Gasteiger partial charge >= 0.3 is 0 Å². The van der Waals surface area contributed by atoms with Crippen LogP contribution in [0.1, 0.15) is 62.6 Å². The van der Waals surface area contributed by atoms with Gasteiger partial charge in [-0.05, 0) is 54.7 Å². The average Bonchev–Trinajstić information content (AvgIpc) is 2.92. The number of hydrogen-bond donors (Lipinski definition) is 3. The molecule has 1 saturated carbocycles. The molecule has 206 valence electrons. The van der Waals surface area contributed by atoms with Crippen molar-refractivity contribution >= 4 is 17.8 Å². The van der Waals surface area contributed by atoms with Crippen molar-refractivity contribution in [2.75, 3.05) is 21.3 Å². The number of carbonyl (C=O) groups is 2. The molecule has 1 fully saturated rings. The molecule has 0 aromatic heterocycles. The van der Waals surface area contributed by atoms with E-state index in [2.05, 4.69) is 5.32 Å². The number of nitrogens with zero attached hydrogens (tertiary/aromatic N) is 1. The molecule has 4 N–H and O–H groups in total. The van der Waals surface area contributed by atoms with E-state index in [1.165, 1.54) is 13.5 Å². The maximum absolute atomic E-state index is 13.7. The van der Waals surface area contributed by atoms with Crippen molar-refractivity contribution in [1.82, 2.24) is 10.2 Å². The molecule has 0 unspecified atom stereocenters. The van der Waals surface area contributed by atoms with E-state index in [9.17, 15) is 9.59 Å². The van der Waals surface area contributed by atoms with E-state index >= 15 is 0 Å². The molecule has 1 aliphatic rings. The number of hydrogen-bond acceptors (Lipinski definition) is 6. The summed E-state index contributed by atoms with van der Waals surface area (Å²) in [5.74, 6) is 0.820. The fourth-order valence-electron chi connectivity index (χ4n) is 5.10. The summed E-state index contributed by atoms with van der Waals surface area (Å²) in [5.41, 5.74) is 7.51. The van der Waals surface area contributed by atoms with E-state index in [1.54, 1.807) is 32.4 Å². The molecule has 0 aliphatic heterocycles. The van der Waals surface area contributed by atoms with Gasteiger partial charge in [0.2, 0.25) is 11.8 Å². The third-order valence-electron chi connectivity index (χ3n) is 7.18. The number of nitrogens with one attached hydrogen (secondary N) is 2. The Morgan fingerprint density at radius 3 is 2.37 bits per heavy atom. The Kier molecular flexibility index (Phi) is 10.4. The predicted molar refractivity (Wildman–Crippen MR) is 147 cm³/mol. The van der Waals surface area contributed by atoms with Crippen LogP contribution in [-0.2, 0) is 16.0 Å². The monoisotopic (exact) mass is 524 g/mol. The molecule has 0 bridgehead atoms. The van der Waals surface area contributed by atoms with Crippen molar-refractivity contribution in [2.24, 2.45) is 11.7 Å². The third-order valence-corrected chi connectivity index (χ3v) is 7.18. The third kappa shape index (κ3) is 7.40. The largest absolute Gasteiger partial charge is 0.497 e. The smallest absolute Gasteiger partial charge is 0.243 e. The summed E-state index contributed by atoms with van der Waals surface area (Å²) >= 11 is 0. The Hall–Kier alpha value is -3.75. The Bertz CT molecular complexity index is 1120. The number of nitrogens with two attached hydrogens (primary N) is 1. The summed E-state index contributed by atoms with van der Waals surface area (Å²) in [6.07, 6.45) is 5.76. The number of methoxy groups -OCH3 is 3. The van der Waals surface area contributed by atoms with Crippen LogP contribution in [0.5, 0.6) is 17.2 Å². The highest BCUT2D eigenvalue weighted by atomic mass is 16.5. The summed E-state index contributed by atoms with van der Waals surface area (Å²) in [6, 6.07) is 11.5. The van der Waals surface area contributed by atoms with Gasteiger partial charge in [0.1, 0.15) is 11.8 Å². The van der Waals surface area contributed by atoms with Gasteiger partial charge in [0.15, 0.2) is 17.5 Å². The molecule has 2 amide bonds. The van der Waals surface area contributed by atoms with Crippen LogP contribution in [0.2, 0.25) is 0 Å². The van der Waals surface area contributed by atoms with E-state index < -0.39 is 17.9 Å². The minimum Gasteiger partial charge on any atom is -0.497 e. The lowest BCUT2D eigenvalue weighted by Gasteiger charge is -2.34. The lowest BCUT2D eigenvalue weighted by molar-refractivity contribution is -0.136. The minimum absolute atomic E-state index is 0.0418. The van der Waals surface area contributed by atoms with E-state index in [-0.39, 0.29) is 24.3 Å². The van der Waals surface area contributed by atoms with Crippen LogP contribution in [0, 0.1) is 11.3 Å². The van der Waals surface area contributed by atoms with Crippen LogP contribution < -0.4 is 25.3 Å². The number of benzene rings is 2. The van der Waals surface area contributed by atoms with Crippen LogP contribution in [0.25, 0.3) is 0 Å². The van der Waals surface area contributed by atoms with Crippen molar-refractivity contribution in [3.63, 3.8) is 0 Å².